The Kier molecular flexibility index (Phi) is 5.06. The van der Waals surface area contributed by atoms with Crippen LogP contribution in [0.25, 0.3) is 0 Å². The van der Waals surface area contributed by atoms with E-state index in [1.807, 2.05) is 6.92 Å². The maximum absolute atomic E-state index is 11.9. The zero-order valence-corrected chi connectivity index (χ0v) is 14.7. The van der Waals surface area contributed by atoms with Crippen LogP contribution in [0.5, 0.6) is 0 Å². The fourth-order valence-electron chi connectivity index (χ4n) is 2.57. The van der Waals surface area contributed by atoms with Crippen LogP contribution in [0.1, 0.15) is 18.2 Å². The minimum Gasteiger partial charge on any atom is -0.338 e. The van der Waals surface area contributed by atoms with Gasteiger partial charge in [0.05, 0.1) is 12.2 Å². The van der Waals surface area contributed by atoms with Crippen molar-refractivity contribution >= 4 is 40.9 Å². The Morgan fingerprint density at radius 2 is 2.04 bits per heavy atom. The molecule has 0 saturated carbocycles. The van der Waals surface area contributed by atoms with Crippen LogP contribution in [0.4, 0.5) is 16.4 Å². The molecule has 2 heterocycles. The van der Waals surface area contributed by atoms with E-state index in [0.29, 0.717) is 42.0 Å². The van der Waals surface area contributed by atoms with E-state index in [4.69, 9.17) is 23.2 Å². The standard InChI is InChI=1S/C16H17Cl2N5O/c1-2-19-16(24)23-4-3-14-10(9-23)8-20-15(22-14)21-13-6-11(17)5-12(18)7-13/h5-8H,2-4,9H2,1H3,(H,19,24)(H,20,21,22). The lowest BCUT2D eigenvalue weighted by atomic mass is 10.1. The zero-order chi connectivity index (χ0) is 17.1. The van der Waals surface area contributed by atoms with Gasteiger partial charge in [0.2, 0.25) is 5.95 Å². The number of anilines is 2. The van der Waals surface area contributed by atoms with Gasteiger partial charge in [0.1, 0.15) is 0 Å². The fourth-order valence-corrected chi connectivity index (χ4v) is 3.09. The second kappa shape index (κ2) is 7.23. The number of amides is 2. The molecule has 0 spiro atoms. The molecular formula is C16H17Cl2N5O. The van der Waals surface area contributed by atoms with E-state index in [9.17, 15) is 4.79 Å². The van der Waals surface area contributed by atoms with Gasteiger partial charge >= 0.3 is 6.03 Å². The average Bonchev–Trinajstić information content (AvgIpc) is 2.53. The molecule has 0 bridgehead atoms. The smallest absolute Gasteiger partial charge is 0.317 e. The number of carbonyl (C=O) groups is 1. The Balaban J connectivity index is 1.74. The summed E-state index contributed by atoms with van der Waals surface area (Å²) in [6, 6.07) is 5.12. The summed E-state index contributed by atoms with van der Waals surface area (Å²) in [5.74, 6) is 0.485. The van der Waals surface area contributed by atoms with Crippen molar-refractivity contribution in [2.75, 3.05) is 18.4 Å². The molecule has 1 aromatic carbocycles. The van der Waals surface area contributed by atoms with Crippen molar-refractivity contribution in [3.63, 3.8) is 0 Å². The molecule has 2 aromatic rings. The van der Waals surface area contributed by atoms with E-state index in [1.165, 1.54) is 0 Å². The van der Waals surface area contributed by atoms with Crippen molar-refractivity contribution in [2.24, 2.45) is 0 Å². The molecular weight excluding hydrogens is 349 g/mol. The number of nitrogens with one attached hydrogen (secondary N) is 2. The Bertz CT molecular complexity index is 748. The molecule has 6 nitrogen and oxygen atoms in total. The molecule has 0 saturated heterocycles. The summed E-state index contributed by atoms with van der Waals surface area (Å²) in [7, 11) is 0. The summed E-state index contributed by atoms with van der Waals surface area (Å²) in [4.78, 5) is 22.5. The SMILES string of the molecule is CCNC(=O)N1CCc2nc(Nc3cc(Cl)cc(Cl)c3)ncc2C1. The van der Waals surface area contributed by atoms with Crippen LogP contribution in [0, 0.1) is 0 Å². The van der Waals surface area contributed by atoms with Gasteiger partial charge in [0.15, 0.2) is 0 Å². The Morgan fingerprint density at radius 1 is 1.29 bits per heavy atom. The predicted octanol–water partition coefficient (Wildman–Crippen LogP) is 3.61. The van der Waals surface area contributed by atoms with Crippen LogP contribution in [-0.4, -0.2) is 34.0 Å². The van der Waals surface area contributed by atoms with Crippen LogP contribution in [0.15, 0.2) is 24.4 Å². The predicted molar refractivity (Wildman–Crippen MR) is 95.0 cm³/mol. The molecule has 1 aliphatic heterocycles. The lowest BCUT2D eigenvalue weighted by molar-refractivity contribution is 0.192. The number of halogens is 2. The van der Waals surface area contributed by atoms with E-state index < -0.39 is 0 Å². The maximum Gasteiger partial charge on any atom is 0.317 e. The largest absolute Gasteiger partial charge is 0.338 e. The summed E-state index contributed by atoms with van der Waals surface area (Å²) in [6.45, 7) is 3.67. The molecule has 2 amide bonds. The first kappa shape index (κ1) is 16.8. The average molecular weight is 366 g/mol. The number of fused-ring (bicyclic) bond motifs is 1. The lowest BCUT2D eigenvalue weighted by Gasteiger charge is -2.28. The maximum atomic E-state index is 11.9. The summed E-state index contributed by atoms with van der Waals surface area (Å²) in [5, 5.41) is 7.00. The van der Waals surface area contributed by atoms with Gasteiger partial charge in [-0.05, 0) is 25.1 Å². The summed E-state index contributed by atoms with van der Waals surface area (Å²) in [6.07, 6.45) is 2.45. The second-order valence-electron chi connectivity index (χ2n) is 5.46. The number of hydrogen-bond acceptors (Lipinski definition) is 4. The summed E-state index contributed by atoms with van der Waals surface area (Å²) >= 11 is 12.0. The minimum absolute atomic E-state index is 0.0566. The third-order valence-corrected chi connectivity index (χ3v) is 4.10. The van der Waals surface area contributed by atoms with Gasteiger partial charge in [-0.1, -0.05) is 23.2 Å². The topological polar surface area (TPSA) is 70.2 Å². The zero-order valence-electron chi connectivity index (χ0n) is 13.1. The molecule has 0 unspecified atom stereocenters. The molecule has 2 N–H and O–H groups in total. The molecule has 0 aliphatic carbocycles. The van der Waals surface area contributed by atoms with Crippen LogP contribution >= 0.6 is 23.2 Å². The van der Waals surface area contributed by atoms with Gasteiger partial charge in [-0.2, -0.15) is 0 Å². The highest BCUT2D eigenvalue weighted by Gasteiger charge is 2.21. The van der Waals surface area contributed by atoms with Gasteiger partial charge in [-0.15, -0.1) is 0 Å². The number of aromatic nitrogens is 2. The van der Waals surface area contributed by atoms with E-state index >= 15 is 0 Å². The summed E-state index contributed by atoms with van der Waals surface area (Å²) < 4.78 is 0. The number of urea groups is 1. The van der Waals surface area contributed by atoms with Crippen LogP contribution < -0.4 is 10.6 Å². The Hall–Kier alpha value is -2.05. The molecule has 8 heteroatoms. The van der Waals surface area contributed by atoms with Gasteiger partial charge in [0.25, 0.3) is 0 Å². The number of benzene rings is 1. The van der Waals surface area contributed by atoms with Gasteiger partial charge < -0.3 is 15.5 Å². The van der Waals surface area contributed by atoms with Gasteiger partial charge in [-0.25, -0.2) is 14.8 Å². The van der Waals surface area contributed by atoms with E-state index in [-0.39, 0.29) is 6.03 Å². The first-order valence-corrected chi connectivity index (χ1v) is 8.41. The fraction of sp³-hybridized carbons (Fsp3) is 0.312. The molecule has 0 atom stereocenters. The van der Waals surface area contributed by atoms with Crippen molar-refractivity contribution in [1.29, 1.82) is 0 Å². The highest BCUT2D eigenvalue weighted by molar-refractivity contribution is 6.35. The molecule has 1 aliphatic rings. The monoisotopic (exact) mass is 365 g/mol. The van der Waals surface area contributed by atoms with E-state index in [1.54, 1.807) is 29.3 Å². The first-order chi connectivity index (χ1) is 11.5. The number of nitrogens with zero attached hydrogens (tertiary/aromatic N) is 3. The number of rotatable bonds is 3. The van der Waals surface area contributed by atoms with Crippen molar-refractivity contribution in [1.82, 2.24) is 20.2 Å². The highest BCUT2D eigenvalue weighted by atomic mass is 35.5. The van der Waals surface area contributed by atoms with Crippen LogP contribution in [0.3, 0.4) is 0 Å². The Labute approximate surface area is 150 Å². The van der Waals surface area contributed by atoms with Crippen molar-refractivity contribution < 1.29 is 4.79 Å². The van der Waals surface area contributed by atoms with Crippen molar-refractivity contribution in [3.05, 3.63) is 45.7 Å². The van der Waals surface area contributed by atoms with Gasteiger partial charge in [0, 0.05) is 47.0 Å². The molecule has 0 fully saturated rings. The lowest BCUT2D eigenvalue weighted by Crippen LogP contribution is -2.42. The quantitative estimate of drug-likeness (QED) is 0.871. The third kappa shape index (κ3) is 3.88. The normalized spacial score (nSPS) is 13.4. The Morgan fingerprint density at radius 3 is 2.75 bits per heavy atom. The second-order valence-corrected chi connectivity index (χ2v) is 6.33. The van der Waals surface area contributed by atoms with E-state index in [2.05, 4.69) is 20.6 Å². The van der Waals surface area contributed by atoms with Crippen LogP contribution in [-0.2, 0) is 13.0 Å². The molecule has 126 valence electrons. The van der Waals surface area contributed by atoms with Gasteiger partial charge in [-0.3, -0.25) is 0 Å². The van der Waals surface area contributed by atoms with Crippen molar-refractivity contribution in [3.8, 4) is 0 Å². The molecule has 0 radical (unpaired) electrons. The molecule has 24 heavy (non-hydrogen) atoms. The third-order valence-electron chi connectivity index (χ3n) is 3.67. The van der Waals surface area contributed by atoms with E-state index in [0.717, 1.165) is 16.9 Å². The van der Waals surface area contributed by atoms with Crippen LogP contribution in [0.2, 0.25) is 10.0 Å². The molecule has 1 aromatic heterocycles. The number of carbonyl (C=O) groups excluding carboxylic acids is 1. The number of hydrogen-bond donors (Lipinski definition) is 2. The molecule has 3 rings (SSSR count). The van der Waals surface area contributed by atoms with Crippen molar-refractivity contribution in [2.45, 2.75) is 19.9 Å². The first-order valence-electron chi connectivity index (χ1n) is 7.66. The highest BCUT2D eigenvalue weighted by Crippen LogP contribution is 2.25. The summed E-state index contributed by atoms with van der Waals surface area (Å²) in [5.41, 5.74) is 2.63. The minimum atomic E-state index is -0.0566.